The van der Waals surface area contributed by atoms with Crippen LogP contribution in [-0.4, -0.2) is 96.9 Å². The number of amides is 3. The Hall–Kier alpha value is -15.0. The zero-order chi connectivity index (χ0) is 78.0. The van der Waals surface area contributed by atoms with Crippen molar-refractivity contribution in [2.45, 2.75) is 59.7 Å². The molecule has 17 aromatic rings. The smallest absolute Gasteiger partial charge is 0.316 e. The summed E-state index contributed by atoms with van der Waals surface area (Å²) in [6.07, 6.45) is 15.1. The predicted molar refractivity (Wildman–Crippen MR) is 428 cm³/mol. The molecule has 0 saturated carbocycles. The van der Waals surface area contributed by atoms with Crippen molar-refractivity contribution in [3.63, 3.8) is 0 Å². The molecule has 3 amide bonds. The van der Waals surface area contributed by atoms with Crippen LogP contribution in [-0.2, 0) is 7.05 Å². The lowest BCUT2D eigenvalue weighted by atomic mass is 9.98. The number of fused-ring (bicyclic) bond motifs is 6. The lowest BCUT2D eigenvalue weighted by Crippen LogP contribution is -2.32. The highest BCUT2D eigenvalue weighted by Gasteiger charge is 2.28. The molecule has 0 radical (unpaired) electrons. The second kappa shape index (κ2) is 30.7. The average molecular weight is 1490 g/mol. The standard InChI is InChI=1S/C31H26N6O3.C30H25N7O3.C25H21N5O2/c1-19(33-30(39)27-20(2)34-36-16-8-15-32-29(27)36)25-17-21-9-7-12-24(22-13-14-26(38)35(3)18-22)28(21)31(40)37(25)23-10-5-4-6-11-23;1-18(34-28(38)25-19(2)35-36-14-8-13-31-27(25)36)24-15-20-9-7-12-23(21-16-32-30(40-3)33-17-21)26(20)29(39)37(24)22-10-5-4-6-11-22;1-16(27-24(31)22-17(2)28-29-14-8-13-26-23(22)29)21-15-18-9-6-7-12-20(18)25(32)30(21)19-10-4-3-5-11-19/h4-19H,1-3H3,(H,33,39);4-18H,1-3H3,(H,34,38);3-16H,1-2H3,(H,27,31)/t19-;18-;16-/m000/s1. The third-order valence-electron chi connectivity index (χ3n) is 19.4. The molecule has 0 fully saturated rings. The third kappa shape index (κ3) is 13.9. The summed E-state index contributed by atoms with van der Waals surface area (Å²) in [6.45, 7) is 10.9. The molecule has 26 heteroatoms. The number of pyridine rings is 4. The number of nitrogens with one attached hydrogen (secondary N) is 3. The summed E-state index contributed by atoms with van der Waals surface area (Å²) in [5, 5.41) is 26.3. The van der Waals surface area contributed by atoms with E-state index in [4.69, 9.17) is 4.74 Å². The van der Waals surface area contributed by atoms with Gasteiger partial charge in [0.25, 0.3) is 34.4 Å². The summed E-state index contributed by atoms with van der Waals surface area (Å²) < 4.78 is 16.3. The molecule has 3 atom stereocenters. The summed E-state index contributed by atoms with van der Waals surface area (Å²) in [5.41, 5.74) is 10.5. The molecule has 26 nitrogen and oxygen atoms in total. The number of ether oxygens (including phenoxy) is 1. The van der Waals surface area contributed by atoms with Gasteiger partial charge in [0.1, 0.15) is 16.7 Å². The molecular formula is C86H72N18O8. The van der Waals surface area contributed by atoms with Gasteiger partial charge < -0.3 is 25.3 Å². The minimum atomic E-state index is -0.538. The van der Waals surface area contributed by atoms with Crippen LogP contribution < -0.4 is 42.9 Å². The van der Waals surface area contributed by atoms with E-state index in [-0.39, 0.29) is 46.0 Å². The van der Waals surface area contributed by atoms with Gasteiger partial charge in [-0.2, -0.15) is 15.3 Å². The molecule has 0 aliphatic heterocycles. The Kier molecular flexibility index (Phi) is 19.9. The van der Waals surface area contributed by atoms with Gasteiger partial charge in [-0.05, 0) is 159 Å². The first kappa shape index (κ1) is 72.6. The fourth-order valence-electron chi connectivity index (χ4n) is 14.1. The van der Waals surface area contributed by atoms with Gasteiger partial charge in [-0.3, -0.25) is 47.3 Å². The second-order valence-corrected chi connectivity index (χ2v) is 26.7. The molecule has 17 rings (SSSR count). The van der Waals surface area contributed by atoms with Crippen LogP contribution in [0.3, 0.4) is 0 Å². The van der Waals surface area contributed by atoms with E-state index in [0.29, 0.717) is 106 Å². The van der Waals surface area contributed by atoms with Crippen LogP contribution in [0.15, 0.2) is 275 Å². The lowest BCUT2D eigenvalue weighted by molar-refractivity contribution is 0.0931. The van der Waals surface area contributed by atoms with Crippen molar-refractivity contribution in [2.24, 2.45) is 7.05 Å². The molecule has 0 aliphatic rings. The number of carbonyl (C=O) groups is 3. The van der Waals surface area contributed by atoms with Gasteiger partial charge in [-0.15, -0.1) is 0 Å². The molecule has 0 saturated heterocycles. The topological polar surface area (TPSA) is 301 Å². The summed E-state index contributed by atoms with van der Waals surface area (Å²) >= 11 is 0. The van der Waals surface area contributed by atoms with Crippen molar-refractivity contribution in [3.8, 4) is 45.3 Å². The van der Waals surface area contributed by atoms with Crippen molar-refractivity contribution < 1.29 is 19.1 Å². The van der Waals surface area contributed by atoms with Crippen LogP contribution >= 0.6 is 0 Å². The maximum atomic E-state index is 14.3. The van der Waals surface area contributed by atoms with E-state index in [1.807, 2.05) is 191 Å². The van der Waals surface area contributed by atoms with E-state index < -0.39 is 18.1 Å². The van der Waals surface area contributed by atoms with Gasteiger partial charge in [-0.1, -0.05) is 109 Å². The van der Waals surface area contributed by atoms with Gasteiger partial charge in [0, 0.05) is 114 Å². The highest BCUT2D eigenvalue weighted by molar-refractivity contribution is 6.03. The van der Waals surface area contributed by atoms with E-state index >= 15 is 0 Å². The molecule has 0 bridgehead atoms. The number of aryl methyl sites for hydroxylation is 4. The molecule has 0 unspecified atom stereocenters. The number of nitrogens with zero attached hydrogens (tertiary/aromatic N) is 15. The zero-order valence-electron chi connectivity index (χ0n) is 62.0. The van der Waals surface area contributed by atoms with Gasteiger partial charge in [0.2, 0.25) is 5.56 Å². The maximum absolute atomic E-state index is 14.3. The summed E-state index contributed by atoms with van der Waals surface area (Å²) in [6, 6.07) is 59.9. The van der Waals surface area contributed by atoms with Crippen molar-refractivity contribution >= 4 is 67.0 Å². The van der Waals surface area contributed by atoms with E-state index in [1.54, 1.807) is 135 Å². The number of methoxy groups -OCH3 is 1. The molecule has 0 spiro atoms. The number of rotatable bonds is 15. The van der Waals surface area contributed by atoms with Crippen LogP contribution in [0, 0.1) is 20.8 Å². The Morgan fingerprint density at radius 2 is 0.768 bits per heavy atom. The van der Waals surface area contributed by atoms with Crippen molar-refractivity contribution in [1.82, 2.24) is 88.0 Å². The van der Waals surface area contributed by atoms with Gasteiger partial charge in [0.15, 0.2) is 16.9 Å². The van der Waals surface area contributed by atoms with Gasteiger partial charge >= 0.3 is 6.01 Å². The molecule has 0 aliphatic carbocycles. The number of hydrogen-bond acceptors (Lipinski definition) is 16. The van der Waals surface area contributed by atoms with Crippen LogP contribution in [0.4, 0.5) is 0 Å². The van der Waals surface area contributed by atoms with E-state index in [2.05, 4.69) is 56.2 Å². The Bertz CT molecular complexity index is 6770. The first-order valence-corrected chi connectivity index (χ1v) is 35.9. The summed E-state index contributed by atoms with van der Waals surface area (Å²) in [4.78, 5) is 116. The molecule has 554 valence electrons. The highest BCUT2D eigenvalue weighted by atomic mass is 16.5. The molecule has 112 heavy (non-hydrogen) atoms. The first-order chi connectivity index (χ1) is 54.3. The number of aromatic nitrogens is 15. The van der Waals surface area contributed by atoms with Gasteiger partial charge in [-0.25, -0.2) is 38.5 Å². The molecule has 11 heterocycles. The van der Waals surface area contributed by atoms with Crippen molar-refractivity contribution in [1.29, 1.82) is 0 Å². The monoisotopic (exact) mass is 1480 g/mol. The van der Waals surface area contributed by atoms with Crippen molar-refractivity contribution in [3.05, 3.63) is 348 Å². The summed E-state index contributed by atoms with van der Waals surface area (Å²) in [5.74, 6) is -0.941. The Labute approximate surface area is 638 Å². The minimum absolute atomic E-state index is 0.126. The fraction of sp³-hybridized carbons (Fsp3) is 0.128. The van der Waals surface area contributed by atoms with Gasteiger partial charge in [0.05, 0.1) is 53.1 Å². The predicted octanol–water partition coefficient (Wildman–Crippen LogP) is 12.3. The van der Waals surface area contributed by atoms with Crippen LogP contribution in [0.1, 0.15) is 104 Å². The Morgan fingerprint density at radius 1 is 0.402 bits per heavy atom. The normalized spacial score (nSPS) is 12.1. The fourth-order valence-corrected chi connectivity index (χ4v) is 14.1. The van der Waals surface area contributed by atoms with Crippen LogP contribution in [0.5, 0.6) is 6.01 Å². The number of hydrogen-bond donors (Lipinski definition) is 3. The molecule has 3 N–H and O–H groups in total. The third-order valence-corrected chi connectivity index (χ3v) is 19.4. The zero-order valence-corrected chi connectivity index (χ0v) is 62.0. The molecule has 6 aromatic carbocycles. The number of para-hydroxylation sites is 3. The second-order valence-electron chi connectivity index (χ2n) is 26.7. The Morgan fingerprint density at radius 3 is 1.17 bits per heavy atom. The molecule has 11 aromatic heterocycles. The first-order valence-electron chi connectivity index (χ1n) is 35.9. The lowest BCUT2D eigenvalue weighted by Gasteiger charge is -2.22. The number of benzene rings is 6. The van der Waals surface area contributed by atoms with Crippen LogP contribution in [0.25, 0.3) is 88.6 Å². The van der Waals surface area contributed by atoms with E-state index in [1.165, 1.54) is 17.7 Å². The maximum Gasteiger partial charge on any atom is 0.316 e. The van der Waals surface area contributed by atoms with Crippen molar-refractivity contribution in [2.75, 3.05) is 7.11 Å². The average Bonchev–Trinajstić information content (AvgIpc) is 0.748. The largest absolute Gasteiger partial charge is 0.467 e. The van der Waals surface area contributed by atoms with E-state index in [9.17, 15) is 33.6 Å². The molecular weight excluding hydrogens is 1410 g/mol. The SMILES string of the molecule is COc1ncc(-c2cccc3cc([C@H](C)NC(=O)c4c(C)nn5cccnc45)n(-c4ccccc4)c(=O)c23)cn1.Cc1nn2cccnc2c1C(=O)N[C@@H](C)c1cc2cccc(-c3ccc(=O)n(C)c3)c2c(=O)n1-c1ccccc1.Cc1nn2cccnc2c1C(=O)N[C@@H](C)c1cc2ccccc2c(=O)n1-c1ccccc1. The quantitative estimate of drug-likeness (QED) is 0.0859. The van der Waals surface area contributed by atoms with Crippen LogP contribution in [0.2, 0.25) is 0 Å². The minimum Gasteiger partial charge on any atom is -0.467 e. The highest BCUT2D eigenvalue weighted by Crippen LogP contribution is 2.33. The number of carbonyl (C=O) groups excluding carboxylic acids is 3. The van der Waals surface area contributed by atoms with E-state index in [0.717, 1.165) is 33.0 Å². The summed E-state index contributed by atoms with van der Waals surface area (Å²) in [7, 11) is 3.18. The Balaban J connectivity index is 0.000000134.